The van der Waals surface area contributed by atoms with Gasteiger partial charge in [0, 0.05) is 29.6 Å². The zero-order valence-corrected chi connectivity index (χ0v) is 15.5. The van der Waals surface area contributed by atoms with Crippen LogP contribution in [0.4, 0.5) is 5.69 Å². The molecule has 0 unspecified atom stereocenters. The Bertz CT molecular complexity index is 1090. The highest BCUT2D eigenvalue weighted by Crippen LogP contribution is 2.36. The number of fused-ring (bicyclic) bond motifs is 1. The number of nitrogens with one attached hydrogen (secondary N) is 2. The van der Waals surface area contributed by atoms with E-state index in [0.717, 1.165) is 39.2 Å². The zero-order valence-electron chi connectivity index (χ0n) is 15.5. The second-order valence-electron chi connectivity index (χ2n) is 6.90. The molecule has 1 aromatic heterocycles. The molecule has 0 atom stereocenters. The molecule has 0 saturated heterocycles. The number of aliphatic carboxylic acids is 1. The standard InChI is InChI=1S/C23H20N2O3/c1-14-13-24-20(17(14)9-10-22(26)27)12-19-18-8-7-16(11-21(18)25-23(19)28)15-5-3-2-4-6-15/h2-8,11-13,24H,9-10H2,1H3,(H,25,28)(H,26,27)/b19-12-. The van der Waals surface area contributed by atoms with E-state index in [9.17, 15) is 9.59 Å². The lowest BCUT2D eigenvalue weighted by atomic mass is 9.99. The van der Waals surface area contributed by atoms with Gasteiger partial charge in [-0.1, -0.05) is 42.5 Å². The Morgan fingerprint density at radius 3 is 2.64 bits per heavy atom. The quantitative estimate of drug-likeness (QED) is 0.577. The van der Waals surface area contributed by atoms with Crippen molar-refractivity contribution in [1.29, 1.82) is 0 Å². The fraction of sp³-hybridized carbons (Fsp3) is 0.130. The van der Waals surface area contributed by atoms with E-state index >= 15 is 0 Å². The SMILES string of the molecule is Cc1c[nH]c(/C=C2\C(=O)Nc3cc(-c4ccccc4)ccc32)c1CCC(=O)O. The predicted molar refractivity (Wildman–Crippen MR) is 110 cm³/mol. The molecule has 0 fully saturated rings. The van der Waals surface area contributed by atoms with E-state index < -0.39 is 5.97 Å². The maximum absolute atomic E-state index is 12.6. The van der Waals surface area contributed by atoms with Crippen LogP contribution in [0.15, 0.2) is 54.7 Å². The van der Waals surface area contributed by atoms with Gasteiger partial charge in [-0.2, -0.15) is 0 Å². The molecule has 1 aliphatic heterocycles. The van der Waals surface area contributed by atoms with E-state index in [1.807, 2.05) is 67.7 Å². The molecule has 28 heavy (non-hydrogen) atoms. The molecule has 5 nitrogen and oxygen atoms in total. The minimum Gasteiger partial charge on any atom is -0.481 e. The smallest absolute Gasteiger partial charge is 0.303 e. The van der Waals surface area contributed by atoms with E-state index in [1.165, 1.54) is 0 Å². The first kappa shape index (κ1) is 17.8. The summed E-state index contributed by atoms with van der Waals surface area (Å²) in [5, 5.41) is 11.9. The van der Waals surface area contributed by atoms with Crippen LogP contribution in [0.2, 0.25) is 0 Å². The first-order chi connectivity index (χ1) is 13.5. The van der Waals surface area contributed by atoms with Gasteiger partial charge in [0.25, 0.3) is 5.91 Å². The van der Waals surface area contributed by atoms with E-state index in [0.29, 0.717) is 12.0 Å². The van der Waals surface area contributed by atoms with Crippen LogP contribution in [0.5, 0.6) is 0 Å². The molecule has 1 aliphatic rings. The summed E-state index contributed by atoms with van der Waals surface area (Å²) in [6, 6.07) is 15.9. The number of amides is 1. The van der Waals surface area contributed by atoms with E-state index in [2.05, 4.69) is 10.3 Å². The Labute approximate surface area is 162 Å². The van der Waals surface area contributed by atoms with Gasteiger partial charge in [0.2, 0.25) is 0 Å². The molecule has 3 N–H and O–H groups in total. The van der Waals surface area contributed by atoms with Gasteiger partial charge in [0.05, 0.1) is 5.57 Å². The molecule has 2 aromatic carbocycles. The fourth-order valence-corrected chi connectivity index (χ4v) is 3.56. The minimum absolute atomic E-state index is 0.0537. The monoisotopic (exact) mass is 372 g/mol. The highest BCUT2D eigenvalue weighted by Gasteiger charge is 2.25. The van der Waals surface area contributed by atoms with Crippen LogP contribution in [0.1, 0.15) is 28.8 Å². The summed E-state index contributed by atoms with van der Waals surface area (Å²) < 4.78 is 0. The van der Waals surface area contributed by atoms with Crippen LogP contribution in [0.3, 0.4) is 0 Å². The molecule has 0 radical (unpaired) electrons. The molecule has 1 amide bonds. The Kier molecular flexibility index (Phi) is 4.57. The van der Waals surface area contributed by atoms with Gasteiger partial charge in [-0.25, -0.2) is 0 Å². The van der Waals surface area contributed by atoms with Crippen molar-refractivity contribution in [3.8, 4) is 11.1 Å². The number of aryl methyl sites for hydroxylation is 1. The van der Waals surface area contributed by atoms with Gasteiger partial charge in [-0.05, 0) is 47.7 Å². The Hall–Kier alpha value is -3.60. The van der Waals surface area contributed by atoms with Crippen molar-refractivity contribution in [1.82, 2.24) is 4.98 Å². The summed E-state index contributed by atoms with van der Waals surface area (Å²) in [5.74, 6) is -0.992. The van der Waals surface area contributed by atoms with Crippen molar-refractivity contribution in [2.24, 2.45) is 0 Å². The summed E-state index contributed by atoms with van der Waals surface area (Å²) in [5.41, 5.74) is 7.04. The molecule has 0 spiro atoms. The van der Waals surface area contributed by atoms with Crippen molar-refractivity contribution in [3.63, 3.8) is 0 Å². The van der Waals surface area contributed by atoms with Crippen molar-refractivity contribution in [2.75, 3.05) is 5.32 Å². The number of hydrogen-bond acceptors (Lipinski definition) is 2. The second kappa shape index (κ2) is 7.19. The molecular formula is C23H20N2O3. The topological polar surface area (TPSA) is 82.2 Å². The van der Waals surface area contributed by atoms with E-state index in [-0.39, 0.29) is 12.3 Å². The summed E-state index contributed by atoms with van der Waals surface area (Å²) in [4.78, 5) is 26.7. The van der Waals surface area contributed by atoms with Crippen molar-refractivity contribution in [2.45, 2.75) is 19.8 Å². The molecule has 0 saturated carbocycles. The largest absolute Gasteiger partial charge is 0.481 e. The van der Waals surface area contributed by atoms with Crippen LogP contribution in [-0.2, 0) is 16.0 Å². The predicted octanol–water partition coefficient (Wildman–Crippen LogP) is 4.50. The number of benzene rings is 2. The number of H-pyrrole nitrogens is 1. The zero-order chi connectivity index (χ0) is 19.7. The Balaban J connectivity index is 1.70. The molecular weight excluding hydrogens is 352 g/mol. The summed E-state index contributed by atoms with van der Waals surface area (Å²) in [6.45, 7) is 1.94. The third-order valence-corrected chi connectivity index (χ3v) is 5.03. The maximum atomic E-state index is 12.6. The van der Waals surface area contributed by atoms with Crippen LogP contribution in [0, 0.1) is 6.92 Å². The summed E-state index contributed by atoms with van der Waals surface area (Å²) in [6.07, 6.45) is 4.13. The van der Waals surface area contributed by atoms with Gasteiger partial charge in [0.1, 0.15) is 0 Å². The normalized spacial score (nSPS) is 14.2. The third-order valence-electron chi connectivity index (χ3n) is 5.03. The number of carboxylic acid groups (broad SMARTS) is 1. The number of carboxylic acids is 1. The lowest BCUT2D eigenvalue weighted by Gasteiger charge is -2.05. The molecule has 3 aromatic rings. The van der Waals surface area contributed by atoms with Crippen molar-refractivity contribution >= 4 is 29.2 Å². The number of aromatic nitrogens is 1. The molecule has 2 heterocycles. The first-order valence-electron chi connectivity index (χ1n) is 9.14. The van der Waals surface area contributed by atoms with Gasteiger partial charge >= 0.3 is 5.97 Å². The lowest BCUT2D eigenvalue weighted by molar-refractivity contribution is -0.137. The molecule has 4 rings (SSSR count). The lowest BCUT2D eigenvalue weighted by Crippen LogP contribution is -2.04. The average Bonchev–Trinajstić information content (AvgIpc) is 3.20. The summed E-state index contributed by atoms with van der Waals surface area (Å²) in [7, 11) is 0. The highest BCUT2D eigenvalue weighted by molar-refractivity contribution is 6.35. The number of aromatic amines is 1. The Morgan fingerprint density at radius 2 is 1.89 bits per heavy atom. The number of carbonyl (C=O) groups excluding carboxylic acids is 1. The number of anilines is 1. The third kappa shape index (κ3) is 3.34. The number of hydrogen-bond donors (Lipinski definition) is 3. The highest BCUT2D eigenvalue weighted by atomic mass is 16.4. The van der Waals surface area contributed by atoms with E-state index in [1.54, 1.807) is 0 Å². The van der Waals surface area contributed by atoms with Gasteiger partial charge in [0.15, 0.2) is 0 Å². The number of carbonyl (C=O) groups is 2. The molecule has 0 bridgehead atoms. The molecule has 5 heteroatoms. The van der Waals surface area contributed by atoms with Gasteiger partial charge in [-0.3, -0.25) is 9.59 Å². The summed E-state index contributed by atoms with van der Waals surface area (Å²) >= 11 is 0. The average molecular weight is 372 g/mol. The van der Waals surface area contributed by atoms with Crippen LogP contribution in [0.25, 0.3) is 22.8 Å². The van der Waals surface area contributed by atoms with Crippen LogP contribution < -0.4 is 5.32 Å². The van der Waals surface area contributed by atoms with E-state index in [4.69, 9.17) is 5.11 Å². The fourth-order valence-electron chi connectivity index (χ4n) is 3.56. The number of rotatable bonds is 5. The minimum atomic E-state index is -0.836. The van der Waals surface area contributed by atoms with Crippen LogP contribution in [-0.4, -0.2) is 22.0 Å². The molecule has 140 valence electrons. The first-order valence-corrected chi connectivity index (χ1v) is 9.14. The Morgan fingerprint density at radius 1 is 1.11 bits per heavy atom. The van der Waals surface area contributed by atoms with Gasteiger partial charge < -0.3 is 15.4 Å². The van der Waals surface area contributed by atoms with Crippen molar-refractivity contribution < 1.29 is 14.7 Å². The second-order valence-corrected chi connectivity index (χ2v) is 6.90. The van der Waals surface area contributed by atoms with Crippen LogP contribution >= 0.6 is 0 Å². The molecule has 0 aliphatic carbocycles. The van der Waals surface area contributed by atoms with Crippen molar-refractivity contribution in [3.05, 3.63) is 77.1 Å². The van der Waals surface area contributed by atoms with Gasteiger partial charge in [-0.15, -0.1) is 0 Å². The maximum Gasteiger partial charge on any atom is 0.303 e.